The van der Waals surface area contributed by atoms with Gasteiger partial charge in [-0.1, -0.05) is 45.4 Å². The lowest BCUT2D eigenvalue weighted by molar-refractivity contribution is -0.160. The number of carbonyl (C=O) groups excluding carboxylic acids is 1. The Morgan fingerprint density at radius 3 is 2.47 bits per heavy atom. The molecule has 4 aliphatic carbocycles. The second-order valence-electron chi connectivity index (χ2n) is 15.8. The number of hydrogen-bond donors (Lipinski definition) is 0. The van der Waals surface area contributed by atoms with Crippen LogP contribution in [0.1, 0.15) is 104 Å². The quantitative estimate of drug-likeness (QED) is 0.220. The highest BCUT2D eigenvalue weighted by Gasteiger charge is 2.65. The van der Waals surface area contributed by atoms with Gasteiger partial charge in [0.25, 0.3) is 10.1 Å². The van der Waals surface area contributed by atoms with Gasteiger partial charge >= 0.3 is 5.97 Å². The maximum absolute atomic E-state index is 12.6. The third-order valence-electron chi connectivity index (χ3n) is 13.3. The van der Waals surface area contributed by atoms with Gasteiger partial charge in [-0.25, -0.2) is 0 Å². The summed E-state index contributed by atoms with van der Waals surface area (Å²) in [6.07, 6.45) is 12.3. The first-order valence-electron chi connectivity index (χ1n) is 17.1. The first kappa shape index (κ1) is 31.5. The third-order valence-corrected chi connectivity index (χ3v) is 14.6. The van der Waals surface area contributed by atoms with E-state index in [1.807, 2.05) is 6.92 Å². The van der Waals surface area contributed by atoms with Gasteiger partial charge in [0.2, 0.25) is 0 Å². The average Bonchev–Trinajstić information content (AvgIpc) is 3.43. The summed E-state index contributed by atoms with van der Waals surface area (Å²) in [5.74, 6) is 4.13. The number of esters is 1. The molecule has 1 aromatic carbocycles. The van der Waals surface area contributed by atoms with Gasteiger partial charge in [0.05, 0.1) is 23.7 Å². The average molecular weight is 615 g/mol. The molecule has 5 fully saturated rings. The van der Waals surface area contributed by atoms with Gasteiger partial charge in [-0.05, 0) is 136 Å². The number of rotatable bonds is 8. The summed E-state index contributed by atoms with van der Waals surface area (Å²) in [5.41, 5.74) is 1.74. The molecule has 0 bridgehead atoms. The van der Waals surface area contributed by atoms with Crippen LogP contribution in [-0.2, 0) is 28.6 Å². The van der Waals surface area contributed by atoms with E-state index in [9.17, 15) is 13.2 Å². The normalized spacial score (nSPS) is 42.8. The maximum Gasteiger partial charge on any atom is 0.302 e. The van der Waals surface area contributed by atoms with Crippen molar-refractivity contribution < 1.29 is 26.9 Å². The molecule has 6 rings (SSSR count). The third kappa shape index (κ3) is 5.73. The topological polar surface area (TPSA) is 78.9 Å². The van der Waals surface area contributed by atoms with Crippen molar-refractivity contribution in [3.63, 3.8) is 0 Å². The van der Waals surface area contributed by atoms with Gasteiger partial charge < -0.3 is 9.47 Å². The van der Waals surface area contributed by atoms with Gasteiger partial charge in [0.15, 0.2) is 0 Å². The molecule has 5 aliphatic rings. The highest BCUT2D eigenvalue weighted by atomic mass is 32.2. The lowest BCUT2D eigenvalue weighted by Crippen LogP contribution is -2.54. The number of hydrogen-bond acceptors (Lipinski definition) is 6. The predicted octanol–water partition coefficient (Wildman–Crippen LogP) is 7.72. The Labute approximate surface area is 260 Å². The minimum absolute atomic E-state index is 0.116. The molecular formula is C36H54O6S. The van der Waals surface area contributed by atoms with E-state index in [-0.39, 0.29) is 35.6 Å². The Balaban J connectivity index is 1.04. The van der Waals surface area contributed by atoms with Crippen LogP contribution in [0.15, 0.2) is 29.2 Å². The number of benzene rings is 1. The smallest absolute Gasteiger partial charge is 0.302 e. The van der Waals surface area contributed by atoms with E-state index in [2.05, 4.69) is 27.7 Å². The first-order valence-corrected chi connectivity index (χ1v) is 18.5. The largest absolute Gasteiger partial charge is 0.463 e. The number of aryl methyl sites for hydroxylation is 1. The van der Waals surface area contributed by atoms with E-state index < -0.39 is 10.1 Å². The Bertz CT molecular complexity index is 1280. The molecule has 4 unspecified atom stereocenters. The summed E-state index contributed by atoms with van der Waals surface area (Å²) >= 11 is 0. The lowest BCUT2D eigenvalue weighted by Gasteiger charge is -2.61. The number of ether oxygens (including phenoxy) is 2. The zero-order valence-corrected chi connectivity index (χ0v) is 28.0. The van der Waals surface area contributed by atoms with Crippen LogP contribution in [0.5, 0.6) is 0 Å². The maximum atomic E-state index is 12.6. The molecule has 240 valence electrons. The second-order valence-corrected chi connectivity index (χ2v) is 17.4. The van der Waals surface area contributed by atoms with Crippen molar-refractivity contribution in [2.75, 3.05) is 6.61 Å². The van der Waals surface area contributed by atoms with Crippen LogP contribution in [0, 0.1) is 59.2 Å². The summed E-state index contributed by atoms with van der Waals surface area (Å²) in [6, 6.07) is 6.84. The minimum Gasteiger partial charge on any atom is -0.463 e. The van der Waals surface area contributed by atoms with E-state index >= 15 is 0 Å². The molecular weight excluding hydrogens is 560 g/mol. The van der Waals surface area contributed by atoms with Gasteiger partial charge in [-0.3, -0.25) is 8.98 Å². The van der Waals surface area contributed by atoms with Gasteiger partial charge in [0.1, 0.15) is 6.10 Å². The van der Waals surface area contributed by atoms with Crippen molar-refractivity contribution in [3.05, 3.63) is 29.8 Å². The van der Waals surface area contributed by atoms with Gasteiger partial charge in [-0.2, -0.15) is 8.42 Å². The number of carbonyl (C=O) groups is 1. The molecule has 12 atom stereocenters. The molecule has 6 nitrogen and oxygen atoms in total. The van der Waals surface area contributed by atoms with Crippen LogP contribution < -0.4 is 0 Å². The van der Waals surface area contributed by atoms with E-state index in [0.717, 1.165) is 49.0 Å². The zero-order chi connectivity index (χ0) is 30.7. The molecule has 0 radical (unpaired) electrons. The van der Waals surface area contributed by atoms with E-state index in [4.69, 9.17) is 13.7 Å². The van der Waals surface area contributed by atoms with Crippen LogP contribution >= 0.6 is 0 Å². The zero-order valence-electron chi connectivity index (χ0n) is 27.2. The van der Waals surface area contributed by atoms with Crippen molar-refractivity contribution in [2.45, 2.75) is 129 Å². The highest BCUT2D eigenvalue weighted by molar-refractivity contribution is 7.86. The fourth-order valence-corrected chi connectivity index (χ4v) is 12.1. The standard InChI is InChI=1S/C36H54O6S/c1-22-7-11-28(12-8-22)43(38,39)40-21-23(2)9-14-32-24(3)34-33(42-32)20-31-29-13-10-26-19-27(41-25(4)37)15-17-35(26,5)30(29)16-18-36(31,34)6/h7-8,11-12,23-24,26-27,29-34H,9-10,13-21H2,1-6H3/t23?,24-,26?,27?,29-,30+,31+,32?,33+,34+,35+,36+/m1/s1. The molecule has 4 saturated carbocycles. The molecule has 0 aromatic heterocycles. The molecule has 0 N–H and O–H groups in total. The molecule has 1 heterocycles. The van der Waals surface area contributed by atoms with E-state index in [1.54, 1.807) is 31.2 Å². The summed E-state index contributed by atoms with van der Waals surface area (Å²) in [4.78, 5) is 11.8. The summed E-state index contributed by atoms with van der Waals surface area (Å²) < 4.78 is 43.3. The Kier molecular flexibility index (Phi) is 8.60. The van der Waals surface area contributed by atoms with Gasteiger partial charge in [0, 0.05) is 6.92 Å². The fraction of sp³-hybridized carbons (Fsp3) is 0.806. The monoisotopic (exact) mass is 614 g/mol. The Hall–Kier alpha value is -1.44. The van der Waals surface area contributed by atoms with Crippen molar-refractivity contribution in [3.8, 4) is 0 Å². The van der Waals surface area contributed by atoms with E-state index in [0.29, 0.717) is 34.7 Å². The summed E-state index contributed by atoms with van der Waals surface area (Å²) in [5, 5.41) is 0. The minimum atomic E-state index is -3.73. The van der Waals surface area contributed by atoms with Gasteiger partial charge in [-0.15, -0.1) is 0 Å². The molecule has 7 heteroatoms. The van der Waals surface area contributed by atoms with E-state index in [1.165, 1.54) is 38.5 Å². The number of fused-ring (bicyclic) bond motifs is 7. The molecule has 1 aliphatic heterocycles. The molecule has 0 amide bonds. The second kappa shape index (κ2) is 11.7. The van der Waals surface area contributed by atoms with Crippen LogP contribution in [-0.4, -0.2) is 39.3 Å². The van der Waals surface area contributed by atoms with Crippen molar-refractivity contribution in [2.24, 2.45) is 52.3 Å². The Morgan fingerprint density at radius 2 is 1.74 bits per heavy atom. The van der Waals surface area contributed by atoms with Crippen molar-refractivity contribution >= 4 is 16.1 Å². The lowest BCUT2D eigenvalue weighted by atomic mass is 9.44. The highest BCUT2D eigenvalue weighted by Crippen LogP contribution is 2.70. The van der Waals surface area contributed by atoms with Crippen molar-refractivity contribution in [1.82, 2.24) is 0 Å². The summed E-state index contributed by atoms with van der Waals surface area (Å²) in [7, 11) is -3.73. The SMILES string of the molecule is CC(=O)OC1CC[C@@]2(C)C(CC[C@H]3[C@@H]4C[C@@H]5OC(CCC(C)COS(=O)(=O)c6ccc(C)cc6)[C@@H](C)[C@@H]5[C@@]4(C)CC[C@@H]32)C1. The van der Waals surface area contributed by atoms with Crippen LogP contribution in [0.4, 0.5) is 0 Å². The molecule has 43 heavy (non-hydrogen) atoms. The first-order chi connectivity index (χ1) is 20.3. The summed E-state index contributed by atoms with van der Waals surface area (Å²) in [6.45, 7) is 13.4. The molecule has 1 aromatic rings. The fourth-order valence-electron chi connectivity index (χ4n) is 11.1. The Morgan fingerprint density at radius 1 is 1.02 bits per heavy atom. The predicted molar refractivity (Wildman–Crippen MR) is 167 cm³/mol. The van der Waals surface area contributed by atoms with Crippen LogP contribution in [0.2, 0.25) is 0 Å². The molecule has 1 saturated heterocycles. The molecule has 0 spiro atoms. The van der Waals surface area contributed by atoms with Crippen LogP contribution in [0.25, 0.3) is 0 Å². The van der Waals surface area contributed by atoms with Crippen LogP contribution in [0.3, 0.4) is 0 Å². The van der Waals surface area contributed by atoms with Crippen molar-refractivity contribution in [1.29, 1.82) is 0 Å².